The van der Waals surface area contributed by atoms with Gasteiger partial charge in [0.15, 0.2) is 0 Å². The maximum atomic E-state index is 13.3. The molecule has 6 nitrogen and oxygen atoms in total. The van der Waals surface area contributed by atoms with E-state index in [1.54, 1.807) is 0 Å². The summed E-state index contributed by atoms with van der Waals surface area (Å²) in [5.74, 6) is -0.481. The Morgan fingerprint density at radius 1 is 0.420 bits per heavy atom. The van der Waals surface area contributed by atoms with E-state index in [0.717, 1.165) is 70.6 Å². The van der Waals surface area contributed by atoms with Crippen LogP contribution >= 0.6 is 0 Å². The van der Waals surface area contributed by atoms with Crippen LogP contribution in [0.1, 0.15) is 329 Å². The zero-order valence-electron chi connectivity index (χ0n) is 46.5. The predicted molar refractivity (Wildman–Crippen MR) is 301 cm³/mol. The van der Waals surface area contributed by atoms with Crippen LogP contribution in [0.2, 0.25) is 0 Å². The summed E-state index contributed by atoms with van der Waals surface area (Å²) in [6.45, 7) is 6.50. The van der Waals surface area contributed by atoms with Gasteiger partial charge in [0.1, 0.15) is 6.10 Å². The van der Waals surface area contributed by atoms with Crippen LogP contribution in [0.15, 0.2) is 36.5 Å². The molecular weight excluding hydrogens is 851 g/mol. The van der Waals surface area contributed by atoms with Gasteiger partial charge in [0.2, 0.25) is 5.91 Å². The molecular formula is C63H119NO5. The van der Waals surface area contributed by atoms with Crippen molar-refractivity contribution in [2.24, 2.45) is 0 Å². The quantitative estimate of drug-likeness (QED) is 0.0321. The number of rotatable bonds is 56. The smallest absolute Gasteiger partial charge is 0.306 e. The fourth-order valence-electron chi connectivity index (χ4n) is 9.52. The monoisotopic (exact) mass is 970 g/mol. The third-order valence-electron chi connectivity index (χ3n) is 14.2. The summed E-state index contributed by atoms with van der Waals surface area (Å²) in [5.41, 5.74) is 0. The Morgan fingerprint density at radius 3 is 1.16 bits per heavy atom. The third kappa shape index (κ3) is 52.2. The van der Waals surface area contributed by atoms with Crippen molar-refractivity contribution in [3.05, 3.63) is 36.5 Å². The second-order valence-corrected chi connectivity index (χ2v) is 21.1. The van der Waals surface area contributed by atoms with Crippen LogP contribution in [-0.2, 0) is 14.3 Å². The highest BCUT2D eigenvalue weighted by molar-refractivity contribution is 5.77. The number of hydrogen-bond acceptors (Lipinski definition) is 5. The fraction of sp³-hybridized carbons (Fsp3) is 0.873. The van der Waals surface area contributed by atoms with Gasteiger partial charge in [-0.15, -0.1) is 0 Å². The molecule has 3 N–H and O–H groups in total. The standard InChI is InChI=1S/C63H119NO5/c1-4-7-10-13-16-19-22-25-28-31-34-37-40-43-46-49-52-55-61(66)60(58-65)64-62(67)57-59(54-51-48-45-42-39-36-33-30-27-24-21-18-15-12-9-6-3)69-63(68)56-53-50-47-44-41-38-35-32-29-26-23-20-17-14-11-8-5-2/h17,20,26,29,36,39,59-61,65-66H,4-16,18-19,21-25,27-28,30-35,37-38,40-58H2,1-3H3,(H,64,67)/b20-17-,29-26-,39-36+. The van der Waals surface area contributed by atoms with Crippen LogP contribution in [0, 0.1) is 0 Å². The van der Waals surface area contributed by atoms with Crippen molar-refractivity contribution in [3.8, 4) is 0 Å². The molecule has 0 aliphatic heterocycles. The highest BCUT2D eigenvalue weighted by Gasteiger charge is 2.24. The first-order chi connectivity index (χ1) is 34.0. The highest BCUT2D eigenvalue weighted by Crippen LogP contribution is 2.19. The number of allylic oxidation sites excluding steroid dienone is 6. The normalized spacial score (nSPS) is 13.3. The number of aliphatic hydroxyl groups excluding tert-OH is 2. The van der Waals surface area contributed by atoms with Crippen molar-refractivity contribution in [3.63, 3.8) is 0 Å². The largest absolute Gasteiger partial charge is 0.462 e. The lowest BCUT2D eigenvalue weighted by molar-refractivity contribution is -0.151. The van der Waals surface area contributed by atoms with E-state index in [1.165, 1.54) is 212 Å². The van der Waals surface area contributed by atoms with Gasteiger partial charge in [-0.3, -0.25) is 9.59 Å². The molecule has 0 aliphatic carbocycles. The molecule has 0 aromatic heterocycles. The van der Waals surface area contributed by atoms with Crippen LogP contribution < -0.4 is 5.32 Å². The average molecular weight is 971 g/mol. The molecule has 0 radical (unpaired) electrons. The Kier molecular flexibility index (Phi) is 55.4. The van der Waals surface area contributed by atoms with E-state index >= 15 is 0 Å². The lowest BCUT2D eigenvalue weighted by atomic mass is 10.0. The van der Waals surface area contributed by atoms with Gasteiger partial charge in [0, 0.05) is 6.42 Å². The molecule has 0 aromatic rings. The minimum absolute atomic E-state index is 0.0671. The van der Waals surface area contributed by atoms with Gasteiger partial charge in [0.05, 0.1) is 25.2 Å². The molecule has 0 aromatic carbocycles. The van der Waals surface area contributed by atoms with Crippen molar-refractivity contribution in [2.45, 2.75) is 347 Å². The number of carbonyl (C=O) groups excluding carboxylic acids is 2. The zero-order valence-corrected chi connectivity index (χ0v) is 46.5. The van der Waals surface area contributed by atoms with Crippen LogP contribution in [0.4, 0.5) is 0 Å². The van der Waals surface area contributed by atoms with Crippen LogP contribution in [-0.4, -0.2) is 46.9 Å². The van der Waals surface area contributed by atoms with E-state index in [9.17, 15) is 19.8 Å². The summed E-state index contributed by atoms with van der Waals surface area (Å²) < 4.78 is 5.97. The van der Waals surface area contributed by atoms with Crippen LogP contribution in [0.5, 0.6) is 0 Å². The zero-order chi connectivity index (χ0) is 50.2. The molecule has 0 heterocycles. The molecule has 406 valence electrons. The number of carbonyl (C=O) groups is 2. The molecule has 0 aliphatic rings. The maximum absolute atomic E-state index is 13.3. The first-order valence-electron chi connectivity index (χ1n) is 30.7. The van der Waals surface area contributed by atoms with Gasteiger partial charge in [-0.05, 0) is 83.5 Å². The third-order valence-corrected chi connectivity index (χ3v) is 14.2. The van der Waals surface area contributed by atoms with Crippen molar-refractivity contribution in [1.82, 2.24) is 5.32 Å². The summed E-state index contributed by atoms with van der Waals surface area (Å²) in [6.07, 6.45) is 69.3. The van der Waals surface area contributed by atoms with Crippen LogP contribution in [0.3, 0.4) is 0 Å². The first kappa shape index (κ1) is 67.1. The van der Waals surface area contributed by atoms with E-state index in [0.29, 0.717) is 19.3 Å². The molecule has 0 spiro atoms. The van der Waals surface area contributed by atoms with Gasteiger partial charge in [-0.2, -0.15) is 0 Å². The molecule has 3 atom stereocenters. The molecule has 0 saturated carbocycles. The van der Waals surface area contributed by atoms with Gasteiger partial charge >= 0.3 is 5.97 Å². The number of nitrogens with one attached hydrogen (secondary N) is 1. The average Bonchev–Trinajstić information content (AvgIpc) is 3.34. The van der Waals surface area contributed by atoms with Crippen molar-refractivity contribution in [2.75, 3.05) is 6.61 Å². The van der Waals surface area contributed by atoms with Gasteiger partial charge in [0.25, 0.3) is 0 Å². The molecule has 69 heavy (non-hydrogen) atoms. The first-order valence-corrected chi connectivity index (χ1v) is 30.7. The van der Waals surface area contributed by atoms with Crippen molar-refractivity contribution in [1.29, 1.82) is 0 Å². The molecule has 0 fully saturated rings. The molecule has 0 saturated heterocycles. The maximum Gasteiger partial charge on any atom is 0.306 e. The van der Waals surface area contributed by atoms with E-state index < -0.39 is 18.2 Å². The summed E-state index contributed by atoms with van der Waals surface area (Å²) in [7, 11) is 0. The Bertz CT molecular complexity index is 1130. The second kappa shape index (κ2) is 57.0. The number of aliphatic hydroxyl groups is 2. The number of unbranched alkanes of at least 4 members (excludes halogenated alkanes) is 38. The van der Waals surface area contributed by atoms with E-state index in [-0.39, 0.29) is 24.9 Å². The van der Waals surface area contributed by atoms with Crippen molar-refractivity contribution >= 4 is 11.9 Å². The lowest BCUT2D eigenvalue weighted by Crippen LogP contribution is -2.46. The highest BCUT2D eigenvalue weighted by atomic mass is 16.5. The van der Waals surface area contributed by atoms with Crippen molar-refractivity contribution < 1.29 is 24.5 Å². The summed E-state index contributed by atoms with van der Waals surface area (Å²) in [4.78, 5) is 26.3. The number of esters is 1. The topological polar surface area (TPSA) is 95.9 Å². The Hall–Kier alpha value is -1.92. The van der Waals surface area contributed by atoms with Gasteiger partial charge in [-0.1, -0.05) is 269 Å². The molecule has 0 rings (SSSR count). The van der Waals surface area contributed by atoms with Crippen LogP contribution in [0.25, 0.3) is 0 Å². The minimum atomic E-state index is -0.793. The SMILES string of the molecule is CCCCC/C=C\C/C=C\CCCCCCCCCC(=O)OC(CCCCC/C=C/CCCCCCCCCCC)CC(=O)NC(CO)C(O)CCCCCCCCCCCCCCCCCCC. The predicted octanol–water partition coefficient (Wildman–Crippen LogP) is 19.2. The second-order valence-electron chi connectivity index (χ2n) is 21.1. The lowest BCUT2D eigenvalue weighted by Gasteiger charge is -2.24. The summed E-state index contributed by atoms with van der Waals surface area (Å²) in [6, 6.07) is -0.707. The summed E-state index contributed by atoms with van der Waals surface area (Å²) >= 11 is 0. The molecule has 6 heteroatoms. The summed E-state index contributed by atoms with van der Waals surface area (Å²) in [5, 5.41) is 24.0. The Balaban J connectivity index is 4.54. The minimum Gasteiger partial charge on any atom is -0.462 e. The van der Waals surface area contributed by atoms with E-state index in [1.807, 2.05) is 0 Å². The molecule has 3 unspecified atom stereocenters. The van der Waals surface area contributed by atoms with Gasteiger partial charge in [-0.25, -0.2) is 0 Å². The fourth-order valence-corrected chi connectivity index (χ4v) is 9.52. The number of ether oxygens (including phenoxy) is 1. The Labute approximate surface area is 430 Å². The molecule has 1 amide bonds. The number of hydrogen-bond donors (Lipinski definition) is 3. The molecule has 0 bridgehead atoms. The van der Waals surface area contributed by atoms with E-state index in [4.69, 9.17) is 4.74 Å². The Morgan fingerprint density at radius 2 is 0.739 bits per heavy atom. The number of amides is 1. The van der Waals surface area contributed by atoms with E-state index in [2.05, 4.69) is 62.5 Å². The van der Waals surface area contributed by atoms with Gasteiger partial charge < -0.3 is 20.3 Å².